The van der Waals surface area contributed by atoms with Crippen LogP contribution in [0.3, 0.4) is 0 Å². The third-order valence-electron chi connectivity index (χ3n) is 5.32. The standard InChI is InChI=1S/C25H24N2O2S/c1-18(19-9-3-2-4-10-19)26-25(29)21-12-6-8-14-23(21)30-17-24(28)27-16-15-20-11-5-7-13-22(20)27/h2-14,18H,15-17H2,1H3,(H,26,29). The zero-order valence-corrected chi connectivity index (χ0v) is 17.7. The minimum atomic E-state index is -0.131. The van der Waals surface area contributed by atoms with E-state index in [9.17, 15) is 9.59 Å². The van der Waals surface area contributed by atoms with Crippen LogP contribution in [0.5, 0.6) is 0 Å². The van der Waals surface area contributed by atoms with Crippen molar-refractivity contribution in [2.75, 3.05) is 17.2 Å². The van der Waals surface area contributed by atoms with Crippen LogP contribution in [-0.4, -0.2) is 24.1 Å². The molecule has 2 amide bonds. The van der Waals surface area contributed by atoms with Crippen molar-refractivity contribution in [1.29, 1.82) is 0 Å². The zero-order valence-electron chi connectivity index (χ0n) is 16.9. The van der Waals surface area contributed by atoms with E-state index in [1.165, 1.54) is 17.3 Å². The number of para-hydroxylation sites is 1. The minimum absolute atomic E-state index is 0.0674. The second-order valence-electron chi connectivity index (χ2n) is 7.31. The second kappa shape index (κ2) is 9.18. The zero-order chi connectivity index (χ0) is 20.9. The van der Waals surface area contributed by atoms with Crippen LogP contribution < -0.4 is 10.2 Å². The maximum absolute atomic E-state index is 12.9. The summed E-state index contributed by atoms with van der Waals surface area (Å²) in [6.07, 6.45) is 0.892. The van der Waals surface area contributed by atoms with E-state index < -0.39 is 0 Å². The summed E-state index contributed by atoms with van der Waals surface area (Å²) in [6, 6.07) is 25.3. The molecule has 0 aromatic heterocycles. The summed E-state index contributed by atoms with van der Waals surface area (Å²) in [5, 5.41) is 3.06. The third kappa shape index (κ3) is 4.41. The fourth-order valence-corrected chi connectivity index (χ4v) is 4.62. The number of carbonyl (C=O) groups excluding carboxylic acids is 2. The van der Waals surface area contributed by atoms with Crippen LogP contribution >= 0.6 is 11.8 Å². The van der Waals surface area contributed by atoms with Crippen LogP contribution in [0.1, 0.15) is 34.5 Å². The highest BCUT2D eigenvalue weighted by atomic mass is 32.2. The van der Waals surface area contributed by atoms with Crippen molar-refractivity contribution in [3.8, 4) is 0 Å². The lowest BCUT2D eigenvalue weighted by atomic mass is 10.1. The van der Waals surface area contributed by atoms with Gasteiger partial charge in [0.1, 0.15) is 0 Å². The summed E-state index contributed by atoms with van der Waals surface area (Å²) in [5.41, 5.74) is 3.87. The van der Waals surface area contributed by atoms with Crippen LogP contribution in [0.25, 0.3) is 0 Å². The third-order valence-corrected chi connectivity index (χ3v) is 6.38. The molecule has 0 saturated carbocycles. The molecular formula is C25H24N2O2S. The second-order valence-corrected chi connectivity index (χ2v) is 8.33. The number of benzene rings is 3. The van der Waals surface area contributed by atoms with Gasteiger partial charge in [-0.25, -0.2) is 0 Å². The Bertz CT molecular complexity index is 1050. The predicted molar refractivity (Wildman–Crippen MR) is 122 cm³/mol. The van der Waals surface area contributed by atoms with Gasteiger partial charge in [-0.3, -0.25) is 9.59 Å². The number of amides is 2. The van der Waals surface area contributed by atoms with Crippen LogP contribution in [-0.2, 0) is 11.2 Å². The molecule has 0 fully saturated rings. The first-order chi connectivity index (χ1) is 14.6. The molecule has 5 heteroatoms. The number of anilines is 1. The highest BCUT2D eigenvalue weighted by Crippen LogP contribution is 2.30. The number of hydrogen-bond donors (Lipinski definition) is 1. The molecule has 1 aliphatic rings. The highest BCUT2D eigenvalue weighted by molar-refractivity contribution is 8.00. The summed E-state index contributed by atoms with van der Waals surface area (Å²) in [7, 11) is 0. The first-order valence-electron chi connectivity index (χ1n) is 10.1. The molecule has 0 bridgehead atoms. The SMILES string of the molecule is CC(NC(=O)c1ccccc1SCC(=O)N1CCc2ccccc21)c1ccccc1. The van der Waals surface area contributed by atoms with E-state index >= 15 is 0 Å². The summed E-state index contributed by atoms with van der Waals surface area (Å²) in [4.78, 5) is 28.4. The lowest BCUT2D eigenvalue weighted by Gasteiger charge is -2.18. The van der Waals surface area contributed by atoms with Crippen molar-refractivity contribution in [2.45, 2.75) is 24.3 Å². The normalized spacial score (nSPS) is 13.6. The van der Waals surface area contributed by atoms with Crippen molar-refractivity contribution >= 4 is 29.3 Å². The molecule has 1 unspecified atom stereocenters. The lowest BCUT2D eigenvalue weighted by molar-refractivity contribution is -0.116. The fraction of sp³-hybridized carbons (Fsp3) is 0.200. The van der Waals surface area contributed by atoms with Gasteiger partial charge in [-0.15, -0.1) is 11.8 Å². The number of rotatable bonds is 6. The maximum atomic E-state index is 12.9. The minimum Gasteiger partial charge on any atom is -0.345 e. The Hall–Kier alpha value is -3.05. The molecule has 1 aliphatic heterocycles. The highest BCUT2D eigenvalue weighted by Gasteiger charge is 2.24. The van der Waals surface area contributed by atoms with Gasteiger partial charge in [0, 0.05) is 17.1 Å². The molecule has 30 heavy (non-hydrogen) atoms. The van der Waals surface area contributed by atoms with Crippen LogP contribution in [0.15, 0.2) is 83.8 Å². The Morgan fingerprint density at radius 2 is 1.67 bits per heavy atom. The van der Waals surface area contributed by atoms with Gasteiger partial charge in [0.25, 0.3) is 5.91 Å². The Labute approximate surface area is 181 Å². The van der Waals surface area contributed by atoms with Gasteiger partial charge in [-0.2, -0.15) is 0 Å². The Balaban J connectivity index is 1.42. The lowest BCUT2D eigenvalue weighted by Crippen LogP contribution is -2.30. The molecule has 0 saturated heterocycles. The van der Waals surface area contributed by atoms with Crippen molar-refractivity contribution in [2.24, 2.45) is 0 Å². The predicted octanol–water partition coefficient (Wildman–Crippen LogP) is 4.86. The van der Waals surface area contributed by atoms with Crippen molar-refractivity contribution in [1.82, 2.24) is 5.32 Å². The van der Waals surface area contributed by atoms with E-state index in [-0.39, 0.29) is 17.9 Å². The number of fused-ring (bicyclic) bond motifs is 1. The molecule has 0 radical (unpaired) electrons. The molecule has 4 rings (SSSR count). The average molecular weight is 417 g/mol. The van der Waals surface area contributed by atoms with Gasteiger partial charge in [0.2, 0.25) is 5.91 Å². The van der Waals surface area contributed by atoms with E-state index in [0.29, 0.717) is 11.3 Å². The number of carbonyl (C=O) groups is 2. The number of nitrogens with one attached hydrogen (secondary N) is 1. The summed E-state index contributed by atoms with van der Waals surface area (Å²) in [6.45, 7) is 2.69. The molecule has 3 aromatic carbocycles. The average Bonchev–Trinajstić information content (AvgIpc) is 3.22. The van der Waals surface area contributed by atoms with Gasteiger partial charge in [0.05, 0.1) is 17.4 Å². The Kier molecular flexibility index (Phi) is 6.19. The molecular weight excluding hydrogens is 392 g/mol. The molecule has 4 nitrogen and oxygen atoms in total. The molecule has 1 heterocycles. The Morgan fingerprint density at radius 3 is 2.50 bits per heavy atom. The molecule has 152 valence electrons. The maximum Gasteiger partial charge on any atom is 0.252 e. The molecule has 0 aliphatic carbocycles. The Morgan fingerprint density at radius 1 is 0.967 bits per heavy atom. The summed E-state index contributed by atoms with van der Waals surface area (Å²) < 4.78 is 0. The first kappa shape index (κ1) is 20.2. The largest absolute Gasteiger partial charge is 0.345 e. The smallest absolute Gasteiger partial charge is 0.252 e. The first-order valence-corrected chi connectivity index (χ1v) is 11.1. The van der Waals surface area contributed by atoms with Gasteiger partial charge in [0.15, 0.2) is 0 Å². The molecule has 3 aromatic rings. The van der Waals surface area contributed by atoms with E-state index in [1.807, 2.05) is 84.6 Å². The van der Waals surface area contributed by atoms with E-state index in [2.05, 4.69) is 11.4 Å². The van der Waals surface area contributed by atoms with Gasteiger partial charge >= 0.3 is 0 Å². The summed E-state index contributed by atoms with van der Waals surface area (Å²) >= 11 is 1.42. The number of nitrogens with zero attached hydrogens (tertiary/aromatic N) is 1. The fourth-order valence-electron chi connectivity index (χ4n) is 3.69. The van der Waals surface area contributed by atoms with E-state index in [0.717, 1.165) is 29.1 Å². The monoisotopic (exact) mass is 416 g/mol. The molecule has 1 atom stereocenters. The van der Waals surface area contributed by atoms with E-state index in [4.69, 9.17) is 0 Å². The topological polar surface area (TPSA) is 49.4 Å². The van der Waals surface area contributed by atoms with Crippen molar-refractivity contribution in [3.05, 3.63) is 95.6 Å². The molecule has 0 spiro atoms. The van der Waals surface area contributed by atoms with Crippen LogP contribution in [0.4, 0.5) is 5.69 Å². The van der Waals surface area contributed by atoms with Gasteiger partial charge in [-0.1, -0.05) is 60.7 Å². The summed E-state index contributed by atoms with van der Waals surface area (Å²) in [5.74, 6) is 0.235. The van der Waals surface area contributed by atoms with Crippen LogP contribution in [0, 0.1) is 0 Å². The van der Waals surface area contributed by atoms with Crippen LogP contribution in [0.2, 0.25) is 0 Å². The van der Waals surface area contributed by atoms with Crippen molar-refractivity contribution in [3.63, 3.8) is 0 Å². The molecule has 1 N–H and O–H groups in total. The number of hydrogen-bond acceptors (Lipinski definition) is 3. The van der Waals surface area contributed by atoms with Crippen molar-refractivity contribution < 1.29 is 9.59 Å². The quantitative estimate of drug-likeness (QED) is 0.584. The van der Waals surface area contributed by atoms with E-state index in [1.54, 1.807) is 0 Å². The van der Waals surface area contributed by atoms with Gasteiger partial charge in [-0.05, 0) is 42.7 Å². The number of thioether (sulfide) groups is 1. The van der Waals surface area contributed by atoms with Gasteiger partial charge < -0.3 is 10.2 Å².